The molecule has 0 heterocycles. The molecule has 0 unspecified atom stereocenters. The summed E-state index contributed by atoms with van der Waals surface area (Å²) in [6.07, 6.45) is -2.61. The van der Waals surface area contributed by atoms with Crippen molar-refractivity contribution in [2.75, 3.05) is 0 Å². The highest BCUT2D eigenvalue weighted by molar-refractivity contribution is 6.59. The van der Waals surface area contributed by atoms with Gasteiger partial charge in [-0.2, -0.15) is 0 Å². The average molecular weight is 313 g/mol. The molecule has 2 aromatic carbocycles. The van der Waals surface area contributed by atoms with Crippen LogP contribution < -0.4 is 10.2 Å². The minimum atomic E-state index is -2.61. The number of hydrogen-bond donors (Lipinski definition) is 2. The van der Waals surface area contributed by atoms with Crippen LogP contribution in [-0.4, -0.2) is 17.2 Å². The maximum atomic E-state index is 12.6. The minimum absolute atomic E-state index is 0.0137. The Morgan fingerprint density at radius 3 is 2.52 bits per heavy atom. The molecule has 0 aliphatic carbocycles. The summed E-state index contributed by atoms with van der Waals surface area (Å²) < 4.78 is 30.7. The molecule has 0 amide bonds. The summed E-state index contributed by atoms with van der Waals surface area (Å²) in [5, 5.41) is 18.7. The van der Waals surface area contributed by atoms with Crippen LogP contribution in [0.5, 0.6) is 5.75 Å². The highest BCUT2D eigenvalue weighted by Crippen LogP contribution is 2.30. The summed E-state index contributed by atoms with van der Waals surface area (Å²) in [5.41, 5.74) is 0.634. The van der Waals surface area contributed by atoms with Crippen LogP contribution in [0.2, 0.25) is 5.02 Å². The van der Waals surface area contributed by atoms with Crippen LogP contribution >= 0.6 is 11.6 Å². The lowest BCUT2D eigenvalue weighted by Crippen LogP contribution is -2.33. The predicted molar refractivity (Wildman–Crippen MR) is 77.0 cm³/mol. The van der Waals surface area contributed by atoms with Crippen molar-refractivity contribution in [3.05, 3.63) is 58.6 Å². The zero-order chi connectivity index (χ0) is 15.4. The van der Waals surface area contributed by atoms with E-state index in [-0.39, 0.29) is 22.9 Å². The first-order valence-corrected chi connectivity index (χ1v) is 6.51. The summed E-state index contributed by atoms with van der Waals surface area (Å²) in [6, 6.07) is 10.3. The Labute approximate surface area is 125 Å². The van der Waals surface area contributed by atoms with Crippen LogP contribution in [0.25, 0.3) is 0 Å². The number of rotatable bonds is 5. The molecule has 0 saturated carbocycles. The van der Waals surface area contributed by atoms with E-state index in [0.29, 0.717) is 11.0 Å². The van der Waals surface area contributed by atoms with E-state index in [4.69, 9.17) is 16.3 Å². The molecule has 2 rings (SSSR count). The quantitative estimate of drug-likeness (QED) is 0.834. The van der Waals surface area contributed by atoms with E-state index in [1.54, 1.807) is 24.3 Å². The van der Waals surface area contributed by atoms with Gasteiger partial charge in [0, 0.05) is 5.56 Å². The van der Waals surface area contributed by atoms with Gasteiger partial charge in [-0.25, -0.2) is 8.78 Å². The molecule has 0 atom stereocenters. The molecule has 2 aromatic rings. The van der Waals surface area contributed by atoms with Gasteiger partial charge in [0.1, 0.15) is 12.4 Å². The fraction of sp³-hybridized carbons (Fsp3) is 0.143. The lowest BCUT2D eigenvalue weighted by Gasteiger charge is -2.12. The minimum Gasteiger partial charge on any atom is -0.487 e. The van der Waals surface area contributed by atoms with Crippen molar-refractivity contribution in [3.63, 3.8) is 0 Å². The number of hydrogen-bond acceptors (Lipinski definition) is 3. The van der Waals surface area contributed by atoms with Crippen molar-refractivity contribution in [1.82, 2.24) is 0 Å². The molecular weight excluding hydrogens is 300 g/mol. The van der Waals surface area contributed by atoms with E-state index < -0.39 is 13.5 Å². The topological polar surface area (TPSA) is 49.7 Å². The molecule has 110 valence electrons. The molecule has 3 nitrogen and oxygen atoms in total. The molecule has 0 aliphatic heterocycles. The van der Waals surface area contributed by atoms with Gasteiger partial charge in [0.2, 0.25) is 0 Å². The zero-order valence-electron chi connectivity index (χ0n) is 10.8. The predicted octanol–water partition coefficient (Wildman–Crippen LogP) is 2.54. The van der Waals surface area contributed by atoms with E-state index in [9.17, 15) is 18.8 Å². The molecule has 2 N–H and O–H groups in total. The number of benzene rings is 2. The highest BCUT2D eigenvalue weighted by atomic mass is 35.5. The van der Waals surface area contributed by atoms with Gasteiger partial charge in [0.05, 0.1) is 5.02 Å². The maximum absolute atomic E-state index is 12.6. The molecule has 0 radical (unpaired) electrons. The molecule has 0 bridgehead atoms. The third-order valence-electron chi connectivity index (χ3n) is 2.92. The van der Waals surface area contributed by atoms with E-state index in [1.807, 2.05) is 0 Å². The Morgan fingerprint density at radius 2 is 1.86 bits per heavy atom. The fourth-order valence-electron chi connectivity index (χ4n) is 1.84. The molecule has 21 heavy (non-hydrogen) atoms. The summed E-state index contributed by atoms with van der Waals surface area (Å²) in [4.78, 5) is 0. The van der Waals surface area contributed by atoms with Crippen molar-refractivity contribution >= 4 is 24.2 Å². The second kappa shape index (κ2) is 6.89. The van der Waals surface area contributed by atoms with Gasteiger partial charge in [-0.05, 0) is 23.2 Å². The first-order valence-electron chi connectivity index (χ1n) is 6.13. The van der Waals surface area contributed by atoms with Gasteiger partial charge >= 0.3 is 7.12 Å². The standard InChI is InChI=1S/C14H12BClF2O3/c16-12-6-5-9(14(17)18)7-13(12)21-8-10-3-1-2-4-11(10)15(19)20/h1-7,14,19-20H,8H2. The molecule has 7 heteroatoms. The third-order valence-corrected chi connectivity index (χ3v) is 3.24. The van der Waals surface area contributed by atoms with E-state index in [2.05, 4.69) is 0 Å². The second-order valence-corrected chi connectivity index (χ2v) is 4.76. The van der Waals surface area contributed by atoms with Gasteiger partial charge in [0.15, 0.2) is 0 Å². The SMILES string of the molecule is OB(O)c1ccccc1COc1cc(C(F)F)ccc1Cl. The van der Waals surface area contributed by atoms with Crippen molar-refractivity contribution < 1.29 is 23.6 Å². The molecule has 0 aromatic heterocycles. The largest absolute Gasteiger partial charge is 0.488 e. The first kappa shape index (κ1) is 15.8. The Balaban J connectivity index is 2.19. The monoisotopic (exact) mass is 312 g/mol. The fourth-order valence-corrected chi connectivity index (χ4v) is 2.01. The molecule has 0 fully saturated rings. The lowest BCUT2D eigenvalue weighted by molar-refractivity contribution is 0.150. The molecule has 0 spiro atoms. The average Bonchev–Trinajstić information content (AvgIpc) is 2.46. The van der Waals surface area contributed by atoms with E-state index >= 15 is 0 Å². The van der Waals surface area contributed by atoms with Crippen LogP contribution in [-0.2, 0) is 6.61 Å². The summed E-state index contributed by atoms with van der Waals surface area (Å²) >= 11 is 5.90. The van der Waals surface area contributed by atoms with Gasteiger partial charge in [-0.1, -0.05) is 41.9 Å². The van der Waals surface area contributed by atoms with Gasteiger partial charge in [0.25, 0.3) is 6.43 Å². The lowest BCUT2D eigenvalue weighted by atomic mass is 9.77. The smallest absolute Gasteiger partial charge is 0.487 e. The van der Waals surface area contributed by atoms with Gasteiger partial charge in [-0.15, -0.1) is 0 Å². The number of ether oxygens (including phenoxy) is 1. The van der Waals surface area contributed by atoms with Crippen molar-refractivity contribution in [2.24, 2.45) is 0 Å². The van der Waals surface area contributed by atoms with E-state index in [0.717, 1.165) is 0 Å². The number of halogens is 3. The molecule has 0 saturated heterocycles. The highest BCUT2D eigenvalue weighted by Gasteiger charge is 2.16. The van der Waals surface area contributed by atoms with Crippen molar-refractivity contribution in [2.45, 2.75) is 13.0 Å². The van der Waals surface area contributed by atoms with Gasteiger partial charge < -0.3 is 14.8 Å². The Hall–Kier alpha value is -1.63. The third kappa shape index (κ3) is 3.94. The normalized spacial score (nSPS) is 10.8. The zero-order valence-corrected chi connectivity index (χ0v) is 11.6. The maximum Gasteiger partial charge on any atom is 0.488 e. The Kier molecular flexibility index (Phi) is 5.17. The van der Waals surface area contributed by atoms with Crippen LogP contribution in [0.1, 0.15) is 17.6 Å². The summed E-state index contributed by atoms with van der Waals surface area (Å²) in [6.45, 7) is -0.0137. The number of alkyl halides is 2. The summed E-state index contributed by atoms with van der Waals surface area (Å²) in [5.74, 6) is 0.122. The van der Waals surface area contributed by atoms with Gasteiger partial charge in [-0.3, -0.25) is 0 Å². The first-order chi connectivity index (χ1) is 9.99. The Bertz CT molecular complexity index is 623. The Morgan fingerprint density at radius 1 is 1.14 bits per heavy atom. The summed E-state index contributed by atoms with van der Waals surface area (Å²) in [7, 11) is -1.63. The second-order valence-electron chi connectivity index (χ2n) is 4.35. The van der Waals surface area contributed by atoms with Crippen LogP contribution in [0, 0.1) is 0 Å². The van der Waals surface area contributed by atoms with E-state index in [1.165, 1.54) is 18.2 Å². The van der Waals surface area contributed by atoms with Crippen LogP contribution in [0.4, 0.5) is 8.78 Å². The van der Waals surface area contributed by atoms with Crippen LogP contribution in [0.15, 0.2) is 42.5 Å². The molecule has 0 aliphatic rings. The van der Waals surface area contributed by atoms with Crippen molar-refractivity contribution in [3.8, 4) is 5.75 Å². The van der Waals surface area contributed by atoms with Crippen LogP contribution in [0.3, 0.4) is 0 Å². The molecular formula is C14H12BClF2O3. The van der Waals surface area contributed by atoms with Crippen molar-refractivity contribution in [1.29, 1.82) is 0 Å².